The molecular formula is C6H9NO2S. The molecule has 0 aromatic rings. The normalized spacial score (nSPS) is 10.9. The standard InChI is InChI=1S/C6H9NO2S/c1-5(3-4-8)6(9)7(2)10/h3-4,10H,1-2H3/b5-3-. The molecule has 1 amide bonds. The van der Waals surface area contributed by atoms with Crippen LogP contribution in [0.15, 0.2) is 11.6 Å². The Morgan fingerprint density at radius 1 is 1.60 bits per heavy atom. The van der Waals surface area contributed by atoms with Gasteiger partial charge in [-0.25, -0.2) is 0 Å². The maximum Gasteiger partial charge on any atom is 0.259 e. The van der Waals surface area contributed by atoms with Crippen molar-refractivity contribution in [3.8, 4) is 0 Å². The highest BCUT2D eigenvalue weighted by molar-refractivity contribution is 7.78. The fourth-order valence-corrected chi connectivity index (χ4v) is 0.586. The maximum absolute atomic E-state index is 10.9. The molecule has 56 valence electrons. The van der Waals surface area contributed by atoms with Crippen LogP contribution < -0.4 is 0 Å². The van der Waals surface area contributed by atoms with E-state index in [-0.39, 0.29) is 5.91 Å². The minimum Gasteiger partial charge on any atom is -0.299 e. The monoisotopic (exact) mass is 159 g/mol. The number of hydrogen-bond acceptors (Lipinski definition) is 3. The van der Waals surface area contributed by atoms with Gasteiger partial charge in [0.05, 0.1) is 0 Å². The van der Waals surface area contributed by atoms with Crippen LogP contribution in [0.2, 0.25) is 0 Å². The number of carbonyl (C=O) groups excluding carboxylic acids is 2. The third kappa shape index (κ3) is 2.68. The minimum absolute atomic E-state index is 0.268. The van der Waals surface area contributed by atoms with Crippen LogP contribution in [0, 0.1) is 0 Å². The lowest BCUT2D eigenvalue weighted by atomic mass is 10.3. The molecule has 3 nitrogen and oxygen atoms in total. The van der Waals surface area contributed by atoms with Crippen molar-refractivity contribution in [3.05, 3.63) is 11.6 Å². The average Bonchev–Trinajstić information content (AvgIpc) is 1.87. The number of thiol groups is 1. The minimum atomic E-state index is -0.268. The summed E-state index contributed by atoms with van der Waals surface area (Å²) in [6.07, 6.45) is 1.78. The zero-order valence-corrected chi connectivity index (χ0v) is 6.76. The molecule has 0 aromatic carbocycles. The maximum atomic E-state index is 10.9. The predicted molar refractivity (Wildman–Crippen MR) is 41.6 cm³/mol. The van der Waals surface area contributed by atoms with E-state index in [1.54, 1.807) is 6.92 Å². The number of nitrogens with zero attached hydrogens (tertiary/aromatic N) is 1. The molecule has 0 unspecified atom stereocenters. The third-order valence-electron chi connectivity index (χ3n) is 0.949. The predicted octanol–water partition coefficient (Wildman–Crippen LogP) is 0.435. The largest absolute Gasteiger partial charge is 0.299 e. The number of allylic oxidation sites excluding steroid dienone is 1. The van der Waals surface area contributed by atoms with Crippen LogP contribution >= 0.6 is 12.8 Å². The van der Waals surface area contributed by atoms with Crippen LogP contribution in [-0.4, -0.2) is 23.5 Å². The van der Waals surface area contributed by atoms with Crippen molar-refractivity contribution in [3.63, 3.8) is 0 Å². The van der Waals surface area contributed by atoms with Crippen molar-refractivity contribution in [2.45, 2.75) is 6.92 Å². The molecule has 0 heterocycles. The molecule has 0 spiro atoms. The van der Waals surface area contributed by atoms with E-state index in [9.17, 15) is 9.59 Å². The van der Waals surface area contributed by atoms with E-state index in [2.05, 4.69) is 12.8 Å². The SMILES string of the molecule is C/C(=C/C=O)C(=O)N(C)S. The Hall–Kier alpha value is -0.770. The van der Waals surface area contributed by atoms with E-state index in [0.717, 1.165) is 4.31 Å². The molecular weight excluding hydrogens is 150 g/mol. The van der Waals surface area contributed by atoms with Crippen LogP contribution in [0.1, 0.15) is 6.92 Å². The lowest BCUT2D eigenvalue weighted by Crippen LogP contribution is -2.17. The second-order valence-corrected chi connectivity index (χ2v) is 2.41. The summed E-state index contributed by atoms with van der Waals surface area (Å²) in [6, 6.07) is 0. The zero-order valence-electron chi connectivity index (χ0n) is 5.87. The number of likely N-dealkylation sites (N-methyl/N-ethyl adjacent to an activating group) is 1. The average molecular weight is 159 g/mol. The van der Waals surface area contributed by atoms with Gasteiger partial charge in [-0.2, -0.15) is 0 Å². The molecule has 10 heavy (non-hydrogen) atoms. The molecule has 4 heteroatoms. The van der Waals surface area contributed by atoms with Crippen LogP contribution in [-0.2, 0) is 9.59 Å². The highest BCUT2D eigenvalue weighted by Gasteiger charge is 2.05. The molecule has 0 aliphatic heterocycles. The molecule has 0 atom stereocenters. The molecule has 0 radical (unpaired) electrons. The molecule has 0 bridgehead atoms. The highest BCUT2D eigenvalue weighted by Crippen LogP contribution is 1.98. The van der Waals surface area contributed by atoms with Gasteiger partial charge in [-0.3, -0.25) is 13.9 Å². The van der Waals surface area contributed by atoms with Crippen molar-refractivity contribution in [2.24, 2.45) is 0 Å². The van der Waals surface area contributed by atoms with E-state index in [1.165, 1.54) is 13.1 Å². The molecule has 0 fully saturated rings. The summed E-state index contributed by atoms with van der Waals surface area (Å²) in [5.74, 6) is -0.268. The van der Waals surface area contributed by atoms with Gasteiger partial charge in [-0.1, -0.05) is 12.8 Å². The summed E-state index contributed by atoms with van der Waals surface area (Å²) < 4.78 is 1.12. The Labute approximate surface area is 65.2 Å². The van der Waals surface area contributed by atoms with Crippen LogP contribution in [0.5, 0.6) is 0 Å². The zero-order chi connectivity index (χ0) is 8.15. The first kappa shape index (κ1) is 9.23. The van der Waals surface area contributed by atoms with E-state index >= 15 is 0 Å². The summed E-state index contributed by atoms with van der Waals surface area (Å²) in [4.78, 5) is 20.7. The van der Waals surface area contributed by atoms with Gasteiger partial charge in [-0.15, -0.1) is 0 Å². The third-order valence-corrected chi connectivity index (χ3v) is 1.13. The van der Waals surface area contributed by atoms with Crippen molar-refractivity contribution in [2.75, 3.05) is 7.05 Å². The summed E-state index contributed by atoms with van der Waals surface area (Å²) in [5, 5.41) is 0. The van der Waals surface area contributed by atoms with Crippen molar-refractivity contribution in [1.82, 2.24) is 4.31 Å². The summed E-state index contributed by atoms with van der Waals surface area (Å²) >= 11 is 3.75. The van der Waals surface area contributed by atoms with E-state index < -0.39 is 0 Å². The van der Waals surface area contributed by atoms with Gasteiger partial charge in [0.15, 0.2) is 0 Å². The highest BCUT2D eigenvalue weighted by atomic mass is 32.1. The van der Waals surface area contributed by atoms with Crippen LogP contribution in [0.4, 0.5) is 0 Å². The van der Waals surface area contributed by atoms with Gasteiger partial charge >= 0.3 is 0 Å². The fraction of sp³-hybridized carbons (Fsp3) is 0.333. The van der Waals surface area contributed by atoms with Gasteiger partial charge in [0, 0.05) is 12.6 Å². The topological polar surface area (TPSA) is 37.4 Å². The molecule has 0 aliphatic rings. The first-order chi connectivity index (χ1) is 4.59. The smallest absolute Gasteiger partial charge is 0.259 e. The molecule has 0 rings (SSSR count). The van der Waals surface area contributed by atoms with Crippen LogP contribution in [0.25, 0.3) is 0 Å². The van der Waals surface area contributed by atoms with Crippen molar-refractivity contribution >= 4 is 25.0 Å². The van der Waals surface area contributed by atoms with Gasteiger partial charge < -0.3 is 0 Å². The van der Waals surface area contributed by atoms with Gasteiger partial charge in [-0.05, 0) is 13.0 Å². The van der Waals surface area contributed by atoms with Gasteiger partial charge in [0.2, 0.25) is 0 Å². The molecule has 0 aliphatic carbocycles. The number of carbonyl (C=O) groups is 2. The first-order valence-electron chi connectivity index (χ1n) is 2.68. The summed E-state index contributed by atoms with van der Waals surface area (Å²) in [5.41, 5.74) is 0.382. The Bertz CT molecular complexity index is 175. The molecule has 0 aromatic heterocycles. The number of rotatable bonds is 2. The number of amides is 1. The fourth-order valence-electron chi connectivity index (χ4n) is 0.429. The van der Waals surface area contributed by atoms with Gasteiger partial charge in [0.25, 0.3) is 5.91 Å². The molecule has 0 saturated heterocycles. The lowest BCUT2D eigenvalue weighted by Gasteiger charge is -2.06. The van der Waals surface area contributed by atoms with E-state index in [0.29, 0.717) is 11.9 Å². The summed E-state index contributed by atoms with van der Waals surface area (Å²) in [6.45, 7) is 1.56. The van der Waals surface area contributed by atoms with Gasteiger partial charge in [0.1, 0.15) is 6.29 Å². The first-order valence-corrected chi connectivity index (χ1v) is 3.08. The van der Waals surface area contributed by atoms with Crippen LogP contribution in [0.3, 0.4) is 0 Å². The van der Waals surface area contributed by atoms with E-state index in [4.69, 9.17) is 0 Å². The van der Waals surface area contributed by atoms with Crippen molar-refractivity contribution < 1.29 is 9.59 Å². The second kappa shape index (κ2) is 4.11. The quantitative estimate of drug-likeness (QED) is 0.360. The summed E-state index contributed by atoms with van der Waals surface area (Å²) in [7, 11) is 1.51. The second-order valence-electron chi connectivity index (χ2n) is 1.81. The Kier molecular flexibility index (Phi) is 3.79. The number of hydrogen-bond donors (Lipinski definition) is 1. The molecule has 0 saturated carbocycles. The van der Waals surface area contributed by atoms with Crippen molar-refractivity contribution in [1.29, 1.82) is 0 Å². The lowest BCUT2D eigenvalue weighted by molar-refractivity contribution is -0.121. The Morgan fingerprint density at radius 3 is 2.40 bits per heavy atom. The Morgan fingerprint density at radius 2 is 2.10 bits per heavy atom. The Balaban J connectivity index is 4.21. The number of aldehydes is 1. The molecule has 0 N–H and O–H groups in total. The van der Waals surface area contributed by atoms with E-state index in [1.807, 2.05) is 0 Å².